The minimum absolute atomic E-state index is 0.129. The highest BCUT2D eigenvalue weighted by Gasteiger charge is 2.11. The summed E-state index contributed by atoms with van der Waals surface area (Å²) in [5, 5.41) is 9.33. The Hall–Kier alpha value is -3.67. The van der Waals surface area contributed by atoms with Gasteiger partial charge in [0.15, 0.2) is 11.6 Å². The summed E-state index contributed by atoms with van der Waals surface area (Å²) in [6, 6.07) is 11.9. The van der Waals surface area contributed by atoms with Gasteiger partial charge in [0.2, 0.25) is 0 Å². The van der Waals surface area contributed by atoms with Gasteiger partial charge in [-0.15, -0.1) is 0 Å². The molecular weight excluding hydrogens is 316 g/mol. The molecule has 0 aliphatic rings. The number of hydrogen-bond acceptors (Lipinski definition) is 4. The van der Waals surface area contributed by atoms with Gasteiger partial charge < -0.3 is 5.11 Å². The lowest BCUT2D eigenvalue weighted by Gasteiger charge is -2.01. The van der Waals surface area contributed by atoms with Gasteiger partial charge >= 0.3 is 0 Å². The minimum atomic E-state index is -0.150. The van der Waals surface area contributed by atoms with Crippen molar-refractivity contribution in [1.29, 1.82) is 0 Å². The summed E-state index contributed by atoms with van der Waals surface area (Å²) in [6.07, 6.45) is 10.3. The molecule has 0 aliphatic carbocycles. The third-order valence-electron chi connectivity index (χ3n) is 3.84. The maximum Gasteiger partial charge on any atom is 0.185 e. The van der Waals surface area contributed by atoms with Gasteiger partial charge in [-0.25, -0.2) is 9.97 Å². The average molecular weight is 330 g/mol. The van der Waals surface area contributed by atoms with Crippen LogP contribution >= 0.6 is 0 Å². The zero-order valence-corrected chi connectivity index (χ0v) is 13.1. The van der Waals surface area contributed by atoms with Crippen molar-refractivity contribution < 1.29 is 9.90 Å². The molecule has 3 aromatic heterocycles. The Morgan fingerprint density at radius 1 is 1.08 bits per heavy atom. The lowest BCUT2D eigenvalue weighted by atomic mass is 10.1. The highest BCUT2D eigenvalue weighted by molar-refractivity contribution is 6.07. The third kappa shape index (κ3) is 2.81. The molecule has 25 heavy (non-hydrogen) atoms. The zero-order chi connectivity index (χ0) is 17.2. The number of hydrogen-bond donors (Lipinski definition) is 1. The number of phenolic OH excluding ortho intramolecular Hbond substituents is 1. The number of benzene rings is 1. The van der Waals surface area contributed by atoms with Gasteiger partial charge in [-0.1, -0.05) is 6.07 Å². The normalized spacial score (nSPS) is 11.4. The predicted octanol–water partition coefficient (Wildman–Crippen LogP) is 3.12. The van der Waals surface area contributed by atoms with Gasteiger partial charge in [0.1, 0.15) is 17.7 Å². The van der Waals surface area contributed by atoms with Gasteiger partial charge in [-0.05, 0) is 48.6 Å². The summed E-state index contributed by atoms with van der Waals surface area (Å²) in [5.74, 6) is 0.672. The van der Waals surface area contributed by atoms with Gasteiger partial charge in [-0.2, -0.15) is 0 Å². The highest BCUT2D eigenvalue weighted by Crippen LogP contribution is 2.19. The molecule has 0 unspecified atom stereocenters. The molecule has 1 N–H and O–H groups in total. The standard InChI is InChI=1S/C19H14N4O2/c24-15-6-4-14(5-7-15)17(25)9-8-16-19(22-12-10-20-13-22)21-18-3-1-2-11-23(16)18/h1-13,24H/b9-8+. The molecule has 0 atom stereocenters. The van der Waals surface area contributed by atoms with E-state index in [0.29, 0.717) is 11.4 Å². The number of ketones is 1. The molecule has 122 valence electrons. The fourth-order valence-electron chi connectivity index (χ4n) is 2.61. The van der Waals surface area contributed by atoms with E-state index < -0.39 is 0 Å². The molecule has 4 rings (SSSR count). The summed E-state index contributed by atoms with van der Waals surface area (Å²) in [4.78, 5) is 21.0. The second-order valence-electron chi connectivity index (χ2n) is 5.46. The van der Waals surface area contributed by atoms with Crippen LogP contribution in [0.2, 0.25) is 0 Å². The fourth-order valence-corrected chi connectivity index (χ4v) is 2.61. The molecule has 0 saturated heterocycles. The Morgan fingerprint density at radius 3 is 2.68 bits per heavy atom. The van der Waals surface area contributed by atoms with Gasteiger partial charge in [0.05, 0.1) is 5.69 Å². The third-order valence-corrected chi connectivity index (χ3v) is 3.84. The van der Waals surface area contributed by atoms with Crippen LogP contribution in [0.4, 0.5) is 0 Å². The number of rotatable bonds is 4. The molecule has 0 spiro atoms. The molecule has 1 aromatic carbocycles. The van der Waals surface area contributed by atoms with Crippen molar-refractivity contribution in [2.24, 2.45) is 0 Å². The minimum Gasteiger partial charge on any atom is -0.508 e. The molecule has 0 bridgehead atoms. The van der Waals surface area contributed by atoms with Crippen molar-refractivity contribution in [3.8, 4) is 11.6 Å². The summed E-state index contributed by atoms with van der Waals surface area (Å²) < 4.78 is 3.72. The van der Waals surface area contributed by atoms with E-state index in [4.69, 9.17) is 0 Å². The van der Waals surface area contributed by atoms with Gasteiger partial charge in [0, 0.05) is 24.2 Å². The summed E-state index contributed by atoms with van der Waals surface area (Å²) in [7, 11) is 0. The molecule has 3 heterocycles. The molecule has 0 aliphatic heterocycles. The number of allylic oxidation sites excluding steroid dienone is 1. The lowest BCUT2D eigenvalue weighted by Crippen LogP contribution is -1.97. The van der Waals surface area contributed by atoms with Crippen LogP contribution in [0, 0.1) is 0 Å². The van der Waals surface area contributed by atoms with Crippen molar-refractivity contribution in [3.05, 3.63) is 84.7 Å². The number of nitrogens with zero attached hydrogens (tertiary/aromatic N) is 4. The van der Waals surface area contributed by atoms with E-state index in [1.54, 1.807) is 41.5 Å². The first-order chi connectivity index (χ1) is 12.2. The van der Waals surface area contributed by atoms with Crippen LogP contribution in [0.3, 0.4) is 0 Å². The number of aromatic nitrogens is 4. The van der Waals surface area contributed by atoms with E-state index in [2.05, 4.69) is 9.97 Å². The molecular formula is C19H14N4O2. The van der Waals surface area contributed by atoms with E-state index in [-0.39, 0.29) is 11.5 Å². The quantitative estimate of drug-likeness (QED) is 0.461. The average Bonchev–Trinajstić information content (AvgIpc) is 3.28. The second-order valence-corrected chi connectivity index (χ2v) is 5.46. The second kappa shape index (κ2) is 6.09. The monoisotopic (exact) mass is 330 g/mol. The molecule has 4 aromatic rings. The number of carbonyl (C=O) groups is 1. The van der Waals surface area contributed by atoms with Crippen LogP contribution in [-0.2, 0) is 0 Å². The van der Waals surface area contributed by atoms with E-state index in [9.17, 15) is 9.90 Å². The van der Waals surface area contributed by atoms with Crippen molar-refractivity contribution in [2.75, 3.05) is 0 Å². The van der Waals surface area contributed by atoms with E-state index in [1.807, 2.05) is 28.8 Å². The Balaban J connectivity index is 1.76. The zero-order valence-electron chi connectivity index (χ0n) is 13.1. The smallest absolute Gasteiger partial charge is 0.185 e. The first-order valence-corrected chi connectivity index (χ1v) is 7.69. The van der Waals surface area contributed by atoms with E-state index in [0.717, 1.165) is 11.3 Å². The van der Waals surface area contributed by atoms with Gasteiger partial charge in [-0.3, -0.25) is 13.8 Å². The SMILES string of the molecule is O=C(/C=C/c1c(-n2ccnc2)nc2ccccn12)c1ccc(O)cc1. The number of aromatic hydroxyl groups is 1. The Kier molecular flexibility index (Phi) is 3.63. The maximum absolute atomic E-state index is 12.4. The van der Waals surface area contributed by atoms with Crippen LogP contribution in [-0.4, -0.2) is 29.8 Å². The molecule has 0 amide bonds. The number of fused-ring (bicyclic) bond motifs is 1. The van der Waals surface area contributed by atoms with Crippen LogP contribution < -0.4 is 0 Å². The lowest BCUT2D eigenvalue weighted by molar-refractivity contribution is 0.104. The number of pyridine rings is 1. The maximum atomic E-state index is 12.4. The molecule has 0 radical (unpaired) electrons. The van der Waals surface area contributed by atoms with E-state index >= 15 is 0 Å². The summed E-state index contributed by atoms with van der Waals surface area (Å²) in [5.41, 5.74) is 2.07. The fraction of sp³-hybridized carbons (Fsp3) is 0. The van der Waals surface area contributed by atoms with Crippen LogP contribution in [0.1, 0.15) is 16.1 Å². The largest absolute Gasteiger partial charge is 0.508 e. The van der Waals surface area contributed by atoms with Crippen molar-refractivity contribution in [2.45, 2.75) is 0 Å². The highest BCUT2D eigenvalue weighted by atomic mass is 16.3. The topological polar surface area (TPSA) is 72.4 Å². The summed E-state index contributed by atoms with van der Waals surface area (Å²) in [6.45, 7) is 0. The Labute approximate surface area is 143 Å². The van der Waals surface area contributed by atoms with Crippen LogP contribution in [0.15, 0.2) is 73.5 Å². The first-order valence-electron chi connectivity index (χ1n) is 7.69. The Bertz CT molecular complexity index is 1060. The van der Waals surface area contributed by atoms with Crippen molar-refractivity contribution >= 4 is 17.5 Å². The number of phenols is 1. The number of imidazole rings is 2. The molecule has 6 heteroatoms. The molecule has 0 fully saturated rings. The molecule has 6 nitrogen and oxygen atoms in total. The van der Waals surface area contributed by atoms with Crippen LogP contribution in [0.5, 0.6) is 5.75 Å². The molecule has 0 saturated carbocycles. The first kappa shape index (κ1) is 14.9. The van der Waals surface area contributed by atoms with Gasteiger partial charge in [0.25, 0.3) is 0 Å². The summed E-state index contributed by atoms with van der Waals surface area (Å²) >= 11 is 0. The van der Waals surface area contributed by atoms with Crippen LogP contribution in [0.25, 0.3) is 17.5 Å². The van der Waals surface area contributed by atoms with Crippen molar-refractivity contribution in [3.63, 3.8) is 0 Å². The number of carbonyl (C=O) groups excluding carboxylic acids is 1. The van der Waals surface area contributed by atoms with Crippen molar-refractivity contribution in [1.82, 2.24) is 18.9 Å². The van der Waals surface area contributed by atoms with E-state index in [1.165, 1.54) is 18.2 Å². The predicted molar refractivity (Wildman–Crippen MR) is 93.8 cm³/mol. The Morgan fingerprint density at radius 2 is 1.92 bits per heavy atom.